The van der Waals surface area contributed by atoms with Crippen LogP contribution in [0, 0.1) is 12.7 Å². The first-order valence-electron chi connectivity index (χ1n) is 12.0. The molecule has 37 heavy (non-hydrogen) atoms. The summed E-state index contributed by atoms with van der Waals surface area (Å²) in [6.45, 7) is 2.40. The standard InChI is InChI=1S/C28H27FN4O3S/c1-20-9-8-12-22(17-20)37(35,36)32-16-15-27-24(18-32)26(30-31(27)2)19-33(21-10-4-3-5-11-21)28(34)23-13-6-7-14-25(23)29/h3-14,17H,15-16,18-19H2,1-2H3. The number of amides is 1. The molecule has 1 aliphatic rings. The van der Waals surface area contributed by atoms with Crippen molar-refractivity contribution in [2.75, 3.05) is 11.4 Å². The summed E-state index contributed by atoms with van der Waals surface area (Å²) in [6.07, 6.45) is 0.497. The van der Waals surface area contributed by atoms with Gasteiger partial charge >= 0.3 is 0 Å². The maximum atomic E-state index is 14.6. The van der Waals surface area contributed by atoms with Crippen LogP contribution >= 0.6 is 0 Å². The predicted octanol–water partition coefficient (Wildman–Crippen LogP) is 4.46. The van der Waals surface area contributed by atoms with E-state index in [4.69, 9.17) is 0 Å². The molecule has 0 spiro atoms. The van der Waals surface area contributed by atoms with Gasteiger partial charge < -0.3 is 4.90 Å². The van der Waals surface area contributed by atoms with E-state index >= 15 is 0 Å². The molecule has 0 saturated carbocycles. The summed E-state index contributed by atoms with van der Waals surface area (Å²) in [4.78, 5) is 15.3. The quantitative estimate of drug-likeness (QED) is 0.378. The van der Waals surface area contributed by atoms with Gasteiger partial charge in [-0.15, -0.1) is 0 Å². The zero-order chi connectivity index (χ0) is 26.2. The van der Waals surface area contributed by atoms with E-state index in [1.807, 2.05) is 26.1 Å². The van der Waals surface area contributed by atoms with Crippen LogP contribution in [0.25, 0.3) is 0 Å². The smallest absolute Gasteiger partial charge is 0.261 e. The van der Waals surface area contributed by atoms with Gasteiger partial charge in [0.15, 0.2) is 0 Å². The minimum absolute atomic E-state index is 0.0418. The molecule has 4 aromatic rings. The third-order valence-electron chi connectivity index (χ3n) is 6.64. The van der Waals surface area contributed by atoms with Gasteiger partial charge in [0.2, 0.25) is 10.0 Å². The summed E-state index contributed by atoms with van der Waals surface area (Å²) in [6, 6.07) is 21.7. The molecule has 1 aliphatic heterocycles. The summed E-state index contributed by atoms with van der Waals surface area (Å²) in [5.41, 5.74) is 3.69. The van der Waals surface area contributed by atoms with Crippen molar-refractivity contribution in [2.45, 2.75) is 31.3 Å². The normalized spacial score (nSPS) is 13.8. The maximum absolute atomic E-state index is 14.6. The molecular weight excluding hydrogens is 491 g/mol. The molecule has 1 aromatic heterocycles. The van der Waals surface area contributed by atoms with Crippen LogP contribution < -0.4 is 4.90 Å². The lowest BCUT2D eigenvalue weighted by molar-refractivity contribution is 0.0980. The highest BCUT2D eigenvalue weighted by Gasteiger charge is 2.33. The highest BCUT2D eigenvalue weighted by Crippen LogP contribution is 2.29. The number of hydrogen-bond acceptors (Lipinski definition) is 4. The van der Waals surface area contributed by atoms with Crippen LogP contribution in [0.15, 0.2) is 83.8 Å². The molecule has 0 bridgehead atoms. The number of aromatic nitrogens is 2. The van der Waals surface area contributed by atoms with Crippen molar-refractivity contribution in [2.24, 2.45) is 7.05 Å². The van der Waals surface area contributed by atoms with Crippen molar-refractivity contribution in [1.29, 1.82) is 0 Å². The minimum Gasteiger partial charge on any atom is -0.302 e. The van der Waals surface area contributed by atoms with Gasteiger partial charge in [0, 0.05) is 43.5 Å². The Kier molecular flexibility index (Phi) is 6.66. The number of aryl methyl sites for hydroxylation is 2. The summed E-state index contributed by atoms with van der Waals surface area (Å²) in [5.74, 6) is -1.10. The second-order valence-electron chi connectivity index (χ2n) is 9.11. The summed E-state index contributed by atoms with van der Waals surface area (Å²) >= 11 is 0. The lowest BCUT2D eigenvalue weighted by Crippen LogP contribution is -2.37. The first-order chi connectivity index (χ1) is 17.8. The third kappa shape index (κ3) is 4.80. The molecule has 0 radical (unpaired) electrons. The summed E-state index contributed by atoms with van der Waals surface area (Å²) in [5, 5.41) is 4.67. The predicted molar refractivity (Wildman–Crippen MR) is 139 cm³/mol. The average molecular weight is 519 g/mol. The van der Waals surface area contributed by atoms with Gasteiger partial charge in [0.25, 0.3) is 5.91 Å². The highest BCUT2D eigenvalue weighted by molar-refractivity contribution is 7.89. The van der Waals surface area contributed by atoms with Crippen molar-refractivity contribution in [1.82, 2.24) is 14.1 Å². The Labute approximate surface area is 215 Å². The fraction of sp³-hybridized carbons (Fsp3) is 0.214. The van der Waals surface area contributed by atoms with Crippen molar-refractivity contribution in [3.8, 4) is 0 Å². The zero-order valence-electron chi connectivity index (χ0n) is 20.6. The Balaban J connectivity index is 1.51. The lowest BCUT2D eigenvalue weighted by atomic mass is 10.1. The molecule has 0 fully saturated rings. The minimum atomic E-state index is -3.71. The Morgan fingerprint density at radius 1 is 1.03 bits per heavy atom. The zero-order valence-corrected chi connectivity index (χ0v) is 21.5. The number of benzene rings is 3. The first-order valence-corrected chi connectivity index (χ1v) is 13.4. The van der Waals surface area contributed by atoms with Crippen LogP contribution in [0.3, 0.4) is 0 Å². The number of fused-ring (bicyclic) bond motifs is 1. The molecule has 5 rings (SSSR count). The molecule has 190 valence electrons. The van der Waals surface area contributed by atoms with Crippen molar-refractivity contribution >= 4 is 21.6 Å². The maximum Gasteiger partial charge on any atom is 0.261 e. The van der Waals surface area contributed by atoms with Gasteiger partial charge in [-0.25, -0.2) is 12.8 Å². The molecule has 2 heterocycles. The second kappa shape index (κ2) is 9.91. The van der Waals surface area contributed by atoms with E-state index in [-0.39, 0.29) is 23.5 Å². The Hall–Kier alpha value is -3.82. The van der Waals surface area contributed by atoms with Crippen LogP contribution in [-0.4, -0.2) is 35.0 Å². The van der Waals surface area contributed by atoms with Gasteiger partial charge in [-0.3, -0.25) is 9.48 Å². The lowest BCUT2D eigenvalue weighted by Gasteiger charge is -2.28. The van der Waals surface area contributed by atoms with E-state index < -0.39 is 21.7 Å². The molecule has 0 unspecified atom stereocenters. The van der Waals surface area contributed by atoms with Crippen LogP contribution in [0.5, 0.6) is 0 Å². The molecule has 3 aromatic carbocycles. The van der Waals surface area contributed by atoms with Gasteiger partial charge in [-0.2, -0.15) is 9.40 Å². The topological polar surface area (TPSA) is 75.5 Å². The van der Waals surface area contributed by atoms with E-state index in [1.165, 1.54) is 27.4 Å². The number of nitrogens with zero attached hydrogens (tertiary/aromatic N) is 4. The van der Waals surface area contributed by atoms with Crippen LogP contribution in [-0.2, 0) is 36.6 Å². The molecule has 7 nitrogen and oxygen atoms in total. The van der Waals surface area contributed by atoms with E-state index in [0.29, 0.717) is 24.3 Å². The van der Waals surface area contributed by atoms with E-state index in [9.17, 15) is 17.6 Å². The monoisotopic (exact) mass is 518 g/mol. The fourth-order valence-electron chi connectivity index (χ4n) is 4.72. The number of para-hydroxylation sites is 1. The molecule has 0 saturated heterocycles. The van der Waals surface area contributed by atoms with Gasteiger partial charge in [-0.05, 0) is 48.9 Å². The number of rotatable bonds is 6. The third-order valence-corrected chi connectivity index (χ3v) is 8.48. The first kappa shape index (κ1) is 24.9. The van der Waals surface area contributed by atoms with Gasteiger partial charge in [0.05, 0.1) is 22.7 Å². The molecule has 0 aliphatic carbocycles. The number of carbonyl (C=O) groups is 1. The molecule has 0 N–H and O–H groups in total. The Morgan fingerprint density at radius 2 is 1.76 bits per heavy atom. The van der Waals surface area contributed by atoms with Crippen LogP contribution in [0.2, 0.25) is 0 Å². The average Bonchev–Trinajstić information content (AvgIpc) is 3.22. The highest BCUT2D eigenvalue weighted by atomic mass is 32.2. The SMILES string of the molecule is Cc1cccc(S(=O)(=O)N2CCc3c(c(CN(C(=O)c4ccccc4F)c4ccccc4)nn3C)C2)c1. The summed E-state index contributed by atoms with van der Waals surface area (Å²) < 4.78 is 44.6. The summed E-state index contributed by atoms with van der Waals surface area (Å²) in [7, 11) is -1.90. The molecule has 0 atom stereocenters. The molecule has 1 amide bonds. The van der Waals surface area contributed by atoms with Gasteiger partial charge in [-0.1, -0.05) is 42.5 Å². The number of carbonyl (C=O) groups excluding carboxylic acids is 1. The number of anilines is 1. The van der Waals surface area contributed by atoms with Crippen molar-refractivity contribution < 1.29 is 17.6 Å². The van der Waals surface area contributed by atoms with E-state index in [2.05, 4.69) is 5.10 Å². The second-order valence-corrected chi connectivity index (χ2v) is 11.0. The van der Waals surface area contributed by atoms with E-state index in [1.54, 1.807) is 53.2 Å². The van der Waals surface area contributed by atoms with Crippen LogP contribution in [0.1, 0.15) is 32.9 Å². The number of halogens is 1. The van der Waals surface area contributed by atoms with Crippen molar-refractivity contribution in [3.63, 3.8) is 0 Å². The molecular formula is C28H27FN4O3S. The number of sulfonamides is 1. The van der Waals surface area contributed by atoms with Crippen LogP contribution in [0.4, 0.5) is 10.1 Å². The van der Waals surface area contributed by atoms with Crippen molar-refractivity contribution in [3.05, 3.63) is 113 Å². The number of hydrogen-bond donors (Lipinski definition) is 0. The largest absolute Gasteiger partial charge is 0.302 e. The fourth-order valence-corrected chi connectivity index (χ4v) is 6.23. The molecule has 9 heteroatoms. The van der Waals surface area contributed by atoms with E-state index in [0.717, 1.165) is 16.8 Å². The Bertz CT molecular complexity index is 1570. The Morgan fingerprint density at radius 3 is 2.49 bits per heavy atom. The van der Waals surface area contributed by atoms with Gasteiger partial charge in [0.1, 0.15) is 5.82 Å².